The number of nitrogens with two attached hydrogens (primary N) is 2. The van der Waals surface area contributed by atoms with E-state index in [-0.39, 0.29) is 6.10 Å². The number of nitrogens with one attached hydrogen (secondary N) is 1. The highest BCUT2D eigenvalue weighted by Crippen LogP contribution is 2.32. The Balaban J connectivity index is 1.67. The molecule has 2 aromatic carbocycles. The van der Waals surface area contributed by atoms with Crippen LogP contribution in [0.5, 0.6) is 5.75 Å². The molecule has 1 heterocycles. The molecule has 0 radical (unpaired) electrons. The Labute approximate surface area is 146 Å². The summed E-state index contributed by atoms with van der Waals surface area (Å²) in [4.78, 5) is 5.26. The molecule has 0 fully saturated rings. The first-order chi connectivity index (χ1) is 11.7. The van der Waals surface area contributed by atoms with E-state index in [2.05, 4.69) is 24.0 Å². The largest absolute Gasteiger partial charge is 0.486 e. The van der Waals surface area contributed by atoms with Crippen LogP contribution in [0.1, 0.15) is 25.0 Å². The van der Waals surface area contributed by atoms with Crippen LogP contribution in [0.2, 0.25) is 0 Å². The third-order valence-electron chi connectivity index (χ3n) is 3.76. The third-order valence-corrected chi connectivity index (χ3v) is 4.76. The van der Waals surface area contributed by atoms with E-state index in [4.69, 9.17) is 16.2 Å². The van der Waals surface area contributed by atoms with Gasteiger partial charge in [0.05, 0.1) is 11.4 Å². The van der Waals surface area contributed by atoms with Crippen molar-refractivity contribution in [3.8, 4) is 5.75 Å². The van der Waals surface area contributed by atoms with Crippen molar-refractivity contribution >= 4 is 23.1 Å². The van der Waals surface area contributed by atoms with Gasteiger partial charge < -0.3 is 21.2 Å². The molecule has 0 aliphatic carbocycles. The highest BCUT2D eigenvalue weighted by molar-refractivity contribution is 7.99. The molecule has 0 saturated heterocycles. The SMILES string of the molecule is CCC(Oc1ccc(Sc2ccc(N)c(N)c2)cc1)c1cc[nH]c1. The highest BCUT2D eigenvalue weighted by atomic mass is 32.2. The van der Waals surface area contributed by atoms with Crippen molar-refractivity contribution in [3.05, 3.63) is 66.5 Å². The van der Waals surface area contributed by atoms with Gasteiger partial charge in [-0.3, -0.25) is 0 Å². The van der Waals surface area contributed by atoms with E-state index in [0.29, 0.717) is 11.4 Å². The number of anilines is 2. The van der Waals surface area contributed by atoms with Gasteiger partial charge in [0.25, 0.3) is 0 Å². The van der Waals surface area contributed by atoms with E-state index < -0.39 is 0 Å². The molecule has 0 aliphatic heterocycles. The standard InChI is InChI=1S/C19H21N3OS/c1-2-19(13-9-10-22-12-13)23-14-3-5-15(6-4-14)24-16-7-8-17(20)18(21)11-16/h3-12,19,22H,2,20-21H2,1H3. The van der Waals surface area contributed by atoms with Gasteiger partial charge in [-0.05, 0) is 55.0 Å². The second kappa shape index (κ2) is 7.36. The maximum absolute atomic E-state index is 6.08. The van der Waals surface area contributed by atoms with Gasteiger partial charge in [-0.15, -0.1) is 0 Å². The van der Waals surface area contributed by atoms with Gasteiger partial charge in [-0.1, -0.05) is 18.7 Å². The molecule has 0 aliphatic rings. The van der Waals surface area contributed by atoms with Crippen LogP contribution in [-0.4, -0.2) is 4.98 Å². The lowest BCUT2D eigenvalue weighted by molar-refractivity contribution is 0.201. The summed E-state index contributed by atoms with van der Waals surface area (Å²) in [5, 5.41) is 0. The average Bonchev–Trinajstić information content (AvgIpc) is 3.12. The molecule has 4 nitrogen and oxygen atoms in total. The number of ether oxygens (including phenoxy) is 1. The van der Waals surface area contributed by atoms with Gasteiger partial charge in [-0.2, -0.15) is 0 Å². The van der Waals surface area contributed by atoms with E-state index in [0.717, 1.165) is 27.5 Å². The first-order valence-electron chi connectivity index (χ1n) is 7.88. The summed E-state index contributed by atoms with van der Waals surface area (Å²) in [5.41, 5.74) is 14.0. The third kappa shape index (κ3) is 3.86. The molecule has 0 bridgehead atoms. The van der Waals surface area contributed by atoms with Gasteiger partial charge in [-0.25, -0.2) is 0 Å². The van der Waals surface area contributed by atoms with E-state index in [9.17, 15) is 0 Å². The van der Waals surface area contributed by atoms with E-state index in [1.54, 1.807) is 11.8 Å². The normalized spacial score (nSPS) is 12.0. The fourth-order valence-corrected chi connectivity index (χ4v) is 3.29. The smallest absolute Gasteiger partial charge is 0.125 e. The first-order valence-corrected chi connectivity index (χ1v) is 8.69. The van der Waals surface area contributed by atoms with Crippen LogP contribution < -0.4 is 16.2 Å². The van der Waals surface area contributed by atoms with Crippen molar-refractivity contribution in [1.29, 1.82) is 0 Å². The molecule has 1 unspecified atom stereocenters. The topological polar surface area (TPSA) is 77.1 Å². The summed E-state index contributed by atoms with van der Waals surface area (Å²) in [6.07, 6.45) is 4.87. The van der Waals surface area contributed by atoms with Crippen molar-refractivity contribution in [1.82, 2.24) is 4.98 Å². The van der Waals surface area contributed by atoms with Gasteiger partial charge in [0.1, 0.15) is 11.9 Å². The molecule has 1 aromatic heterocycles. The molecule has 3 rings (SSSR count). The fraction of sp³-hybridized carbons (Fsp3) is 0.158. The molecule has 0 spiro atoms. The molecule has 3 aromatic rings. The number of aromatic amines is 1. The lowest BCUT2D eigenvalue weighted by Crippen LogP contribution is -2.05. The van der Waals surface area contributed by atoms with Crippen molar-refractivity contribution < 1.29 is 4.74 Å². The van der Waals surface area contributed by atoms with Crippen LogP contribution in [0, 0.1) is 0 Å². The van der Waals surface area contributed by atoms with Gasteiger partial charge in [0.2, 0.25) is 0 Å². The summed E-state index contributed by atoms with van der Waals surface area (Å²) >= 11 is 1.65. The number of aromatic nitrogens is 1. The summed E-state index contributed by atoms with van der Waals surface area (Å²) < 4.78 is 6.08. The average molecular weight is 339 g/mol. The molecule has 5 N–H and O–H groups in total. The predicted octanol–water partition coefficient (Wildman–Crippen LogP) is 4.86. The summed E-state index contributed by atoms with van der Waals surface area (Å²) in [6, 6.07) is 15.8. The Kier molecular flexibility index (Phi) is 5.01. The second-order valence-corrected chi connectivity index (χ2v) is 6.67. The maximum Gasteiger partial charge on any atom is 0.125 e. The van der Waals surface area contributed by atoms with Crippen LogP contribution in [0.25, 0.3) is 0 Å². The van der Waals surface area contributed by atoms with Crippen LogP contribution >= 0.6 is 11.8 Å². The minimum Gasteiger partial charge on any atom is -0.486 e. The Morgan fingerprint density at radius 2 is 1.75 bits per heavy atom. The monoisotopic (exact) mass is 339 g/mol. The van der Waals surface area contributed by atoms with Crippen molar-refractivity contribution in [2.24, 2.45) is 0 Å². The van der Waals surface area contributed by atoms with Gasteiger partial charge in [0.15, 0.2) is 0 Å². The minimum atomic E-state index is 0.0617. The zero-order chi connectivity index (χ0) is 16.9. The summed E-state index contributed by atoms with van der Waals surface area (Å²) in [6.45, 7) is 2.12. The van der Waals surface area contributed by atoms with Gasteiger partial charge >= 0.3 is 0 Å². The minimum absolute atomic E-state index is 0.0617. The molecular weight excluding hydrogens is 318 g/mol. The summed E-state index contributed by atoms with van der Waals surface area (Å²) in [5.74, 6) is 0.865. The molecule has 0 saturated carbocycles. The molecule has 0 amide bonds. The molecular formula is C19H21N3OS. The van der Waals surface area contributed by atoms with E-state index in [1.807, 2.05) is 48.8 Å². The lowest BCUT2D eigenvalue weighted by atomic mass is 10.1. The van der Waals surface area contributed by atoms with E-state index >= 15 is 0 Å². The second-order valence-electron chi connectivity index (χ2n) is 5.52. The van der Waals surface area contributed by atoms with E-state index in [1.165, 1.54) is 0 Å². The Morgan fingerprint density at radius 3 is 2.38 bits per heavy atom. The van der Waals surface area contributed by atoms with Crippen LogP contribution in [0.4, 0.5) is 11.4 Å². The number of hydrogen-bond acceptors (Lipinski definition) is 4. The predicted molar refractivity (Wildman–Crippen MR) is 100 cm³/mol. The number of hydrogen-bond donors (Lipinski definition) is 3. The zero-order valence-corrected chi connectivity index (χ0v) is 14.3. The Bertz CT molecular complexity index is 785. The fourth-order valence-electron chi connectivity index (χ4n) is 2.43. The maximum atomic E-state index is 6.08. The Hall–Kier alpha value is -2.53. The molecule has 124 valence electrons. The lowest BCUT2D eigenvalue weighted by Gasteiger charge is -2.16. The number of rotatable bonds is 6. The van der Waals surface area contributed by atoms with Crippen molar-refractivity contribution in [2.75, 3.05) is 11.5 Å². The van der Waals surface area contributed by atoms with Crippen LogP contribution in [-0.2, 0) is 0 Å². The summed E-state index contributed by atoms with van der Waals surface area (Å²) in [7, 11) is 0. The van der Waals surface area contributed by atoms with Crippen LogP contribution in [0.15, 0.2) is 70.7 Å². The van der Waals surface area contributed by atoms with Crippen LogP contribution in [0.3, 0.4) is 0 Å². The molecule has 24 heavy (non-hydrogen) atoms. The molecule has 1 atom stereocenters. The molecule has 5 heteroatoms. The highest BCUT2D eigenvalue weighted by Gasteiger charge is 2.11. The first kappa shape index (κ1) is 16.3. The zero-order valence-electron chi connectivity index (χ0n) is 13.5. The van der Waals surface area contributed by atoms with Crippen molar-refractivity contribution in [3.63, 3.8) is 0 Å². The van der Waals surface area contributed by atoms with Gasteiger partial charge in [0, 0.05) is 27.7 Å². The quantitative estimate of drug-likeness (QED) is 0.560. The number of H-pyrrole nitrogens is 1. The number of nitrogen functional groups attached to an aromatic ring is 2. The number of benzene rings is 2. The van der Waals surface area contributed by atoms with Crippen molar-refractivity contribution in [2.45, 2.75) is 29.2 Å². The Morgan fingerprint density at radius 1 is 1.00 bits per heavy atom.